The average molecular weight is 222 g/mol. The van der Waals surface area contributed by atoms with Crippen molar-refractivity contribution in [2.24, 2.45) is 0 Å². The third kappa shape index (κ3) is 2.67. The fraction of sp³-hybridized carbons (Fsp3) is 0.364. The highest BCUT2D eigenvalue weighted by Gasteiger charge is 1.97. The Labute approximate surface area is 92.8 Å². The Bertz CT molecular complexity index is 427. The lowest BCUT2D eigenvalue weighted by atomic mass is 10.2. The molecule has 0 fully saturated rings. The molecule has 0 unspecified atom stereocenters. The van der Waals surface area contributed by atoms with Gasteiger partial charge in [0.15, 0.2) is 0 Å². The molecule has 1 aromatic heterocycles. The average Bonchev–Trinajstić information content (AvgIpc) is 2.71. The Morgan fingerprint density at radius 2 is 2.27 bits per heavy atom. The molecule has 2 aromatic rings. The van der Waals surface area contributed by atoms with E-state index in [4.69, 9.17) is 5.11 Å². The summed E-state index contributed by atoms with van der Waals surface area (Å²) in [5, 5.41) is 12.0. The zero-order chi connectivity index (χ0) is 10.5. The molecular formula is C11H14N2OS. The molecule has 0 atom stereocenters. The number of aliphatic hydroxyl groups is 1. The number of anilines is 1. The van der Waals surface area contributed by atoms with Gasteiger partial charge in [0, 0.05) is 18.8 Å². The van der Waals surface area contributed by atoms with Gasteiger partial charge in [-0.3, -0.25) is 0 Å². The second-order valence-corrected chi connectivity index (χ2v) is 4.28. The van der Waals surface area contributed by atoms with E-state index in [0.717, 1.165) is 30.6 Å². The highest BCUT2D eigenvalue weighted by molar-refractivity contribution is 7.16. The maximum atomic E-state index is 8.64. The number of fused-ring (bicyclic) bond motifs is 1. The molecule has 0 saturated carbocycles. The quantitative estimate of drug-likeness (QED) is 0.764. The maximum Gasteiger partial charge on any atom is 0.0813 e. The second kappa shape index (κ2) is 5.09. The molecule has 4 heteroatoms. The minimum atomic E-state index is 0.273. The number of aliphatic hydroxyl groups excluding tert-OH is 1. The zero-order valence-corrected chi connectivity index (χ0v) is 9.26. The van der Waals surface area contributed by atoms with E-state index >= 15 is 0 Å². The number of rotatable bonds is 5. The van der Waals surface area contributed by atoms with Crippen LogP contribution in [0.1, 0.15) is 12.8 Å². The topological polar surface area (TPSA) is 45.1 Å². The summed E-state index contributed by atoms with van der Waals surface area (Å²) in [6.45, 7) is 1.18. The lowest BCUT2D eigenvalue weighted by molar-refractivity contribution is 0.286. The third-order valence-electron chi connectivity index (χ3n) is 2.25. The molecular weight excluding hydrogens is 208 g/mol. The van der Waals surface area contributed by atoms with Crippen molar-refractivity contribution in [2.45, 2.75) is 12.8 Å². The number of nitrogens with zero attached hydrogens (tertiary/aromatic N) is 1. The smallest absolute Gasteiger partial charge is 0.0813 e. The van der Waals surface area contributed by atoms with E-state index in [1.807, 2.05) is 17.6 Å². The summed E-state index contributed by atoms with van der Waals surface area (Å²) in [6, 6.07) is 6.19. The maximum absolute atomic E-state index is 8.64. The molecule has 0 radical (unpaired) electrons. The van der Waals surface area contributed by atoms with Crippen molar-refractivity contribution in [3.05, 3.63) is 23.7 Å². The number of benzene rings is 1. The third-order valence-corrected chi connectivity index (χ3v) is 3.04. The van der Waals surface area contributed by atoms with Crippen LogP contribution in [0.25, 0.3) is 10.2 Å². The summed E-state index contributed by atoms with van der Waals surface area (Å²) in [6.07, 6.45) is 1.85. The molecule has 0 bridgehead atoms. The van der Waals surface area contributed by atoms with E-state index in [9.17, 15) is 0 Å². The Hall–Kier alpha value is -1.13. The molecule has 2 rings (SSSR count). The summed E-state index contributed by atoms with van der Waals surface area (Å²) in [4.78, 5) is 4.23. The Kier molecular flexibility index (Phi) is 3.53. The van der Waals surface area contributed by atoms with Crippen molar-refractivity contribution in [2.75, 3.05) is 18.5 Å². The van der Waals surface area contributed by atoms with Crippen LogP contribution in [-0.2, 0) is 0 Å². The van der Waals surface area contributed by atoms with Gasteiger partial charge in [-0.1, -0.05) is 0 Å². The van der Waals surface area contributed by atoms with Gasteiger partial charge in [-0.05, 0) is 31.0 Å². The monoisotopic (exact) mass is 222 g/mol. The molecule has 1 aromatic carbocycles. The van der Waals surface area contributed by atoms with Gasteiger partial charge >= 0.3 is 0 Å². The summed E-state index contributed by atoms with van der Waals surface area (Å²) in [5.74, 6) is 0. The summed E-state index contributed by atoms with van der Waals surface area (Å²) < 4.78 is 1.21. The van der Waals surface area contributed by atoms with Gasteiger partial charge < -0.3 is 10.4 Å². The molecule has 0 amide bonds. The van der Waals surface area contributed by atoms with Crippen molar-refractivity contribution in [3.8, 4) is 0 Å². The summed E-state index contributed by atoms with van der Waals surface area (Å²) in [5.41, 5.74) is 4.05. The number of unbranched alkanes of at least 4 members (excludes halogenated alkanes) is 1. The summed E-state index contributed by atoms with van der Waals surface area (Å²) in [7, 11) is 0. The first kappa shape index (κ1) is 10.4. The number of hydrogen-bond donors (Lipinski definition) is 2. The Balaban J connectivity index is 1.96. The lowest BCUT2D eigenvalue weighted by Gasteiger charge is -2.04. The fourth-order valence-corrected chi connectivity index (χ4v) is 2.15. The molecule has 80 valence electrons. The van der Waals surface area contributed by atoms with Crippen molar-refractivity contribution in [3.63, 3.8) is 0 Å². The predicted octanol–water partition coefficient (Wildman–Crippen LogP) is 2.48. The van der Waals surface area contributed by atoms with Crippen LogP contribution in [0.3, 0.4) is 0 Å². The van der Waals surface area contributed by atoms with E-state index in [2.05, 4.69) is 16.4 Å². The lowest BCUT2D eigenvalue weighted by Crippen LogP contribution is -2.01. The molecule has 0 aliphatic carbocycles. The van der Waals surface area contributed by atoms with Crippen LogP contribution in [0.5, 0.6) is 0 Å². The van der Waals surface area contributed by atoms with Gasteiger partial charge in [-0.2, -0.15) is 0 Å². The molecule has 0 saturated heterocycles. The number of nitrogens with one attached hydrogen (secondary N) is 1. The number of thiazole rings is 1. The predicted molar refractivity (Wildman–Crippen MR) is 64.4 cm³/mol. The molecule has 0 aliphatic rings. The van der Waals surface area contributed by atoms with E-state index in [-0.39, 0.29) is 6.61 Å². The van der Waals surface area contributed by atoms with E-state index in [1.165, 1.54) is 4.70 Å². The molecule has 1 heterocycles. The van der Waals surface area contributed by atoms with Gasteiger partial charge in [-0.15, -0.1) is 11.3 Å². The Morgan fingerprint density at radius 1 is 1.33 bits per heavy atom. The number of hydrogen-bond acceptors (Lipinski definition) is 4. The van der Waals surface area contributed by atoms with E-state index in [1.54, 1.807) is 11.3 Å². The van der Waals surface area contributed by atoms with Crippen molar-refractivity contribution < 1.29 is 5.11 Å². The first-order chi connectivity index (χ1) is 7.40. The standard InChI is InChI=1S/C11H14N2OS/c14-6-2-1-5-12-9-3-4-10-11(7-9)15-8-13-10/h3-4,7-8,12,14H,1-2,5-6H2. The van der Waals surface area contributed by atoms with Crippen molar-refractivity contribution >= 4 is 27.2 Å². The molecule has 0 aliphatic heterocycles. The molecule has 15 heavy (non-hydrogen) atoms. The molecule has 2 N–H and O–H groups in total. The SMILES string of the molecule is OCCCCNc1ccc2ncsc2c1. The van der Waals surface area contributed by atoms with Crippen LogP contribution in [0.15, 0.2) is 23.7 Å². The second-order valence-electron chi connectivity index (χ2n) is 3.39. The first-order valence-electron chi connectivity index (χ1n) is 5.08. The highest BCUT2D eigenvalue weighted by Crippen LogP contribution is 2.21. The van der Waals surface area contributed by atoms with Gasteiger partial charge in [-0.25, -0.2) is 4.98 Å². The highest BCUT2D eigenvalue weighted by atomic mass is 32.1. The van der Waals surface area contributed by atoms with Gasteiger partial charge in [0.2, 0.25) is 0 Å². The number of aromatic nitrogens is 1. The molecule has 0 spiro atoms. The van der Waals surface area contributed by atoms with Crippen LogP contribution in [0.4, 0.5) is 5.69 Å². The first-order valence-corrected chi connectivity index (χ1v) is 5.96. The van der Waals surface area contributed by atoms with Crippen LogP contribution in [-0.4, -0.2) is 23.2 Å². The minimum Gasteiger partial charge on any atom is -0.396 e. The molecule has 3 nitrogen and oxygen atoms in total. The van der Waals surface area contributed by atoms with Crippen LogP contribution in [0, 0.1) is 0 Å². The van der Waals surface area contributed by atoms with Gasteiger partial charge in [0.25, 0.3) is 0 Å². The minimum absolute atomic E-state index is 0.273. The van der Waals surface area contributed by atoms with Gasteiger partial charge in [0.1, 0.15) is 0 Å². The fourth-order valence-electron chi connectivity index (χ4n) is 1.43. The van der Waals surface area contributed by atoms with Crippen LogP contribution >= 0.6 is 11.3 Å². The van der Waals surface area contributed by atoms with Crippen molar-refractivity contribution in [1.29, 1.82) is 0 Å². The summed E-state index contributed by atoms with van der Waals surface area (Å²) >= 11 is 1.65. The Morgan fingerprint density at radius 3 is 3.13 bits per heavy atom. The van der Waals surface area contributed by atoms with E-state index in [0.29, 0.717) is 0 Å². The largest absolute Gasteiger partial charge is 0.396 e. The van der Waals surface area contributed by atoms with Crippen LogP contribution < -0.4 is 5.32 Å². The van der Waals surface area contributed by atoms with Crippen molar-refractivity contribution in [1.82, 2.24) is 4.98 Å². The normalized spacial score (nSPS) is 10.7. The van der Waals surface area contributed by atoms with E-state index < -0.39 is 0 Å². The van der Waals surface area contributed by atoms with Gasteiger partial charge in [0.05, 0.1) is 15.7 Å². The zero-order valence-electron chi connectivity index (χ0n) is 8.44. The van der Waals surface area contributed by atoms with Crippen LogP contribution in [0.2, 0.25) is 0 Å².